The molecule has 0 rings (SSSR count). The van der Waals surface area contributed by atoms with Gasteiger partial charge in [0.1, 0.15) is 13.2 Å². The first-order chi connectivity index (χ1) is 37.5. The van der Waals surface area contributed by atoms with Gasteiger partial charge in [0.15, 0.2) is 6.10 Å². The molecule has 0 aromatic rings. The Bertz CT molecular complexity index is 1590. The Labute approximate surface area is 469 Å². The van der Waals surface area contributed by atoms with E-state index in [9.17, 15) is 14.4 Å². The summed E-state index contributed by atoms with van der Waals surface area (Å²) in [4.78, 5) is 38.2. The Hall–Kier alpha value is -4.19. The quantitative estimate of drug-likeness (QED) is 0.0261. The molecule has 0 bridgehead atoms. The van der Waals surface area contributed by atoms with E-state index in [4.69, 9.17) is 14.2 Å². The molecule has 0 aromatic heterocycles. The van der Waals surface area contributed by atoms with Crippen LogP contribution >= 0.6 is 0 Å². The largest absolute Gasteiger partial charge is 0.462 e. The molecule has 76 heavy (non-hydrogen) atoms. The third-order valence-corrected chi connectivity index (χ3v) is 13.2. The van der Waals surface area contributed by atoms with Crippen molar-refractivity contribution in [1.29, 1.82) is 0 Å². The SMILES string of the molecule is CC/C=C\C/C=C\C/C=C\C/C=C\C/C=C\C/C=C\CCCCCCC(=O)OC(COC(=O)CCCCCCCCCCCC)COC(=O)CCCCCCCCCCCCCC/C=C\C/C=C\C/C=C\C/C=C\CC. The molecule has 0 saturated carbocycles. The van der Waals surface area contributed by atoms with Gasteiger partial charge in [-0.15, -0.1) is 0 Å². The van der Waals surface area contributed by atoms with Crippen molar-refractivity contribution >= 4 is 17.9 Å². The zero-order valence-corrected chi connectivity index (χ0v) is 49.5. The third-order valence-electron chi connectivity index (χ3n) is 13.2. The van der Waals surface area contributed by atoms with Crippen LogP contribution in [-0.4, -0.2) is 37.2 Å². The molecule has 0 heterocycles. The molecule has 0 radical (unpaired) electrons. The number of allylic oxidation sites excluding steroid dienone is 20. The summed E-state index contributed by atoms with van der Waals surface area (Å²) in [7, 11) is 0. The van der Waals surface area contributed by atoms with Crippen LogP contribution in [0.3, 0.4) is 0 Å². The molecule has 0 aliphatic carbocycles. The summed E-state index contributed by atoms with van der Waals surface area (Å²) < 4.78 is 16.9. The van der Waals surface area contributed by atoms with E-state index >= 15 is 0 Å². The molecule has 0 aliphatic heterocycles. The fraction of sp³-hybridized carbons (Fsp3) is 0.671. The minimum absolute atomic E-state index is 0.0890. The minimum atomic E-state index is -0.794. The van der Waals surface area contributed by atoms with Gasteiger partial charge in [0.25, 0.3) is 0 Å². The van der Waals surface area contributed by atoms with Gasteiger partial charge < -0.3 is 14.2 Å². The van der Waals surface area contributed by atoms with Crippen LogP contribution in [0.15, 0.2) is 122 Å². The molecular formula is C70H116O6. The molecule has 0 spiro atoms. The predicted molar refractivity (Wildman–Crippen MR) is 330 cm³/mol. The maximum atomic E-state index is 12.9. The molecule has 1 unspecified atom stereocenters. The zero-order valence-electron chi connectivity index (χ0n) is 49.5. The lowest BCUT2D eigenvalue weighted by atomic mass is 10.0. The van der Waals surface area contributed by atoms with Gasteiger partial charge in [0.2, 0.25) is 0 Å². The highest BCUT2D eigenvalue weighted by molar-refractivity contribution is 5.71. The van der Waals surface area contributed by atoms with Gasteiger partial charge in [-0.25, -0.2) is 0 Å². The average molecular weight is 1050 g/mol. The van der Waals surface area contributed by atoms with Gasteiger partial charge in [-0.1, -0.05) is 277 Å². The van der Waals surface area contributed by atoms with Crippen molar-refractivity contribution in [2.45, 2.75) is 290 Å². The van der Waals surface area contributed by atoms with Gasteiger partial charge >= 0.3 is 17.9 Å². The van der Waals surface area contributed by atoms with Crippen molar-refractivity contribution in [3.8, 4) is 0 Å². The number of hydrogen-bond donors (Lipinski definition) is 0. The number of esters is 3. The predicted octanol–water partition coefficient (Wildman–Crippen LogP) is 21.6. The molecule has 6 nitrogen and oxygen atoms in total. The fourth-order valence-corrected chi connectivity index (χ4v) is 8.56. The van der Waals surface area contributed by atoms with Gasteiger partial charge in [-0.3, -0.25) is 14.4 Å². The number of carbonyl (C=O) groups is 3. The highest BCUT2D eigenvalue weighted by Crippen LogP contribution is 2.16. The van der Waals surface area contributed by atoms with E-state index in [2.05, 4.69) is 142 Å². The summed E-state index contributed by atoms with van der Waals surface area (Å²) in [5.41, 5.74) is 0. The van der Waals surface area contributed by atoms with Crippen LogP contribution in [0.1, 0.15) is 284 Å². The summed E-state index contributed by atoms with van der Waals surface area (Å²) in [6.45, 7) is 6.39. The van der Waals surface area contributed by atoms with Crippen molar-refractivity contribution in [2.24, 2.45) is 0 Å². The summed E-state index contributed by atoms with van der Waals surface area (Å²) in [6, 6.07) is 0. The second-order valence-corrected chi connectivity index (χ2v) is 20.6. The lowest BCUT2D eigenvalue weighted by Gasteiger charge is -2.18. The van der Waals surface area contributed by atoms with Crippen LogP contribution in [0.2, 0.25) is 0 Å². The Morgan fingerprint density at radius 3 is 0.803 bits per heavy atom. The van der Waals surface area contributed by atoms with Crippen LogP contribution in [0.25, 0.3) is 0 Å². The molecule has 0 aromatic carbocycles. The molecule has 432 valence electrons. The van der Waals surface area contributed by atoms with Gasteiger partial charge in [-0.2, -0.15) is 0 Å². The molecule has 0 N–H and O–H groups in total. The number of hydrogen-bond acceptors (Lipinski definition) is 6. The van der Waals surface area contributed by atoms with Crippen LogP contribution in [0.4, 0.5) is 0 Å². The Morgan fingerprint density at radius 1 is 0.276 bits per heavy atom. The van der Waals surface area contributed by atoms with Crippen molar-refractivity contribution in [3.05, 3.63) is 122 Å². The average Bonchev–Trinajstić information content (AvgIpc) is 3.42. The van der Waals surface area contributed by atoms with Gasteiger partial charge in [0, 0.05) is 19.3 Å². The Kier molecular flexibility index (Phi) is 59.9. The van der Waals surface area contributed by atoms with E-state index < -0.39 is 6.10 Å². The van der Waals surface area contributed by atoms with Crippen LogP contribution < -0.4 is 0 Å². The van der Waals surface area contributed by atoms with E-state index in [-0.39, 0.29) is 31.1 Å². The monoisotopic (exact) mass is 1050 g/mol. The molecule has 0 amide bonds. The number of rotatable bonds is 56. The van der Waals surface area contributed by atoms with E-state index in [0.29, 0.717) is 19.3 Å². The molecular weight excluding hydrogens is 937 g/mol. The molecule has 6 heteroatoms. The minimum Gasteiger partial charge on any atom is -0.462 e. The van der Waals surface area contributed by atoms with E-state index in [0.717, 1.165) is 135 Å². The number of ether oxygens (including phenoxy) is 3. The summed E-state index contributed by atoms with van der Waals surface area (Å²) in [5, 5.41) is 0. The topological polar surface area (TPSA) is 78.9 Å². The third kappa shape index (κ3) is 60.7. The van der Waals surface area contributed by atoms with Crippen LogP contribution in [0.5, 0.6) is 0 Å². The lowest BCUT2D eigenvalue weighted by molar-refractivity contribution is -0.167. The maximum Gasteiger partial charge on any atom is 0.306 e. The second kappa shape index (κ2) is 63.3. The highest BCUT2D eigenvalue weighted by atomic mass is 16.6. The highest BCUT2D eigenvalue weighted by Gasteiger charge is 2.19. The van der Waals surface area contributed by atoms with Crippen molar-refractivity contribution < 1.29 is 28.6 Å². The second-order valence-electron chi connectivity index (χ2n) is 20.6. The standard InChI is InChI=1S/C70H116O6/c1-4-7-10-13-16-19-22-24-26-28-30-32-34-35-37-38-40-42-44-46-48-51-54-57-60-63-69(72)75-66-67(65-74-68(71)62-59-56-53-50-21-18-15-12-9-6-3)76-70(73)64-61-58-55-52-49-47-45-43-41-39-36-33-31-29-27-25-23-20-17-14-11-8-5-2/h7-8,10-11,16-17,19-20,24-27,30-33,39,41,45,47,67H,4-6,9,12-15,18,21-23,28-29,34-38,40,42-44,46,48-66H2,1-3H3/b10-7-,11-8-,19-16-,20-17-,26-24-,27-25-,32-30-,33-31-,41-39-,47-45-. The fourth-order valence-electron chi connectivity index (χ4n) is 8.56. The number of carbonyl (C=O) groups excluding carboxylic acids is 3. The molecule has 0 saturated heterocycles. The first-order valence-electron chi connectivity index (χ1n) is 31.5. The van der Waals surface area contributed by atoms with Crippen molar-refractivity contribution in [1.82, 2.24) is 0 Å². The summed E-state index contributed by atoms with van der Waals surface area (Å²) >= 11 is 0. The first kappa shape index (κ1) is 71.8. The normalized spacial score (nSPS) is 12.9. The first-order valence-corrected chi connectivity index (χ1v) is 31.5. The molecule has 0 fully saturated rings. The van der Waals surface area contributed by atoms with Gasteiger partial charge in [0.05, 0.1) is 0 Å². The van der Waals surface area contributed by atoms with Crippen LogP contribution in [-0.2, 0) is 28.6 Å². The maximum absolute atomic E-state index is 12.9. The van der Waals surface area contributed by atoms with E-state index in [1.54, 1.807) is 0 Å². The smallest absolute Gasteiger partial charge is 0.306 e. The van der Waals surface area contributed by atoms with E-state index in [1.807, 2.05) is 0 Å². The lowest BCUT2D eigenvalue weighted by Crippen LogP contribution is -2.30. The van der Waals surface area contributed by atoms with Crippen molar-refractivity contribution in [2.75, 3.05) is 13.2 Å². The Morgan fingerprint density at radius 2 is 0.513 bits per heavy atom. The summed E-state index contributed by atoms with van der Waals surface area (Å²) in [6.07, 6.45) is 87.8. The zero-order chi connectivity index (χ0) is 55.0. The molecule has 1 atom stereocenters. The Balaban J connectivity index is 4.32. The van der Waals surface area contributed by atoms with Crippen molar-refractivity contribution in [3.63, 3.8) is 0 Å². The summed E-state index contributed by atoms with van der Waals surface area (Å²) in [5.74, 6) is -0.914. The van der Waals surface area contributed by atoms with Crippen LogP contribution in [0, 0.1) is 0 Å². The van der Waals surface area contributed by atoms with Gasteiger partial charge in [-0.05, 0) is 109 Å². The molecule has 0 aliphatic rings. The number of unbranched alkanes of at least 4 members (excludes halogenated alkanes) is 25. The van der Waals surface area contributed by atoms with E-state index in [1.165, 1.54) is 109 Å².